The van der Waals surface area contributed by atoms with E-state index in [1.807, 2.05) is 39.0 Å². The van der Waals surface area contributed by atoms with Gasteiger partial charge < -0.3 is 18.8 Å². The minimum atomic E-state index is -0.538. The van der Waals surface area contributed by atoms with Gasteiger partial charge in [-0.2, -0.15) is 0 Å². The Kier molecular flexibility index (Phi) is 6.30. The van der Waals surface area contributed by atoms with Crippen LogP contribution in [0.15, 0.2) is 27.1 Å². The van der Waals surface area contributed by atoms with E-state index in [-0.39, 0.29) is 23.5 Å². The van der Waals surface area contributed by atoms with Crippen molar-refractivity contribution in [3.63, 3.8) is 0 Å². The predicted octanol–water partition coefficient (Wildman–Crippen LogP) is 5.39. The number of benzene rings is 1. The van der Waals surface area contributed by atoms with E-state index in [1.54, 1.807) is 12.0 Å². The molecule has 3 rings (SSSR count). The van der Waals surface area contributed by atoms with Gasteiger partial charge in [0.1, 0.15) is 5.60 Å². The molecule has 30 heavy (non-hydrogen) atoms. The van der Waals surface area contributed by atoms with Crippen LogP contribution < -0.4 is 0 Å². The smallest absolute Gasteiger partial charge is 0.410 e. The summed E-state index contributed by atoms with van der Waals surface area (Å²) in [6.45, 7) is 12.9. The fourth-order valence-corrected chi connectivity index (χ4v) is 4.13. The van der Waals surface area contributed by atoms with Crippen molar-refractivity contribution in [1.82, 2.24) is 15.1 Å². The molecule has 0 radical (unpaired) electrons. The van der Waals surface area contributed by atoms with E-state index in [9.17, 15) is 4.79 Å². The summed E-state index contributed by atoms with van der Waals surface area (Å²) in [6.07, 6.45) is -0.310. The lowest BCUT2D eigenvalue weighted by Crippen LogP contribution is -2.63. The van der Waals surface area contributed by atoms with Gasteiger partial charge in [-0.3, -0.25) is 0 Å². The highest BCUT2D eigenvalue weighted by atomic mass is 79.9. The lowest BCUT2D eigenvalue weighted by atomic mass is 9.72. The Morgan fingerprint density at radius 3 is 2.53 bits per heavy atom. The lowest BCUT2D eigenvalue weighted by Gasteiger charge is -2.52. The van der Waals surface area contributed by atoms with Gasteiger partial charge in [0, 0.05) is 23.7 Å². The highest BCUT2D eigenvalue weighted by Gasteiger charge is 2.52. The van der Waals surface area contributed by atoms with E-state index in [0.29, 0.717) is 24.9 Å². The van der Waals surface area contributed by atoms with E-state index in [4.69, 9.17) is 13.9 Å². The topological polar surface area (TPSA) is 77.7 Å². The summed E-state index contributed by atoms with van der Waals surface area (Å²) in [5.41, 5.74) is 1.13. The van der Waals surface area contributed by atoms with Crippen LogP contribution in [-0.2, 0) is 16.1 Å². The van der Waals surface area contributed by atoms with Crippen LogP contribution in [0.3, 0.4) is 0 Å². The molecule has 2 aromatic rings. The van der Waals surface area contributed by atoms with Gasteiger partial charge in [-0.25, -0.2) is 4.79 Å². The Morgan fingerprint density at radius 1 is 1.23 bits per heavy atom. The van der Waals surface area contributed by atoms with E-state index >= 15 is 0 Å². The van der Waals surface area contributed by atoms with Crippen LogP contribution >= 0.6 is 15.9 Å². The van der Waals surface area contributed by atoms with Crippen molar-refractivity contribution in [2.24, 2.45) is 5.41 Å². The van der Waals surface area contributed by atoms with Crippen LogP contribution in [0.1, 0.15) is 58.9 Å². The number of hydrogen-bond acceptors (Lipinski definition) is 6. The van der Waals surface area contributed by atoms with Gasteiger partial charge in [0.05, 0.1) is 18.6 Å². The molecule has 2 heterocycles. The Morgan fingerprint density at radius 2 is 1.93 bits per heavy atom. The number of nitrogens with zero attached hydrogens (tertiary/aromatic N) is 3. The molecule has 0 N–H and O–H groups in total. The number of hydrogen-bond donors (Lipinski definition) is 0. The predicted molar refractivity (Wildman–Crippen MR) is 117 cm³/mol. The van der Waals surface area contributed by atoms with E-state index in [0.717, 1.165) is 15.6 Å². The average molecular weight is 480 g/mol. The average Bonchev–Trinajstić information content (AvgIpc) is 3.02. The SMILES string of the molecule is COCc1cc(-c2nnc(C3CN(C(=O)OC(C)(C)C)C3C(C)(C)C)o2)ccc1Br. The van der Waals surface area contributed by atoms with Crippen molar-refractivity contribution in [2.75, 3.05) is 13.7 Å². The molecule has 1 aliphatic heterocycles. The second-order valence-corrected chi connectivity index (χ2v) is 10.6. The van der Waals surface area contributed by atoms with E-state index in [1.165, 1.54) is 0 Å². The molecule has 164 valence electrons. The van der Waals surface area contributed by atoms with Gasteiger partial charge in [-0.15, -0.1) is 10.2 Å². The highest BCUT2D eigenvalue weighted by Crippen LogP contribution is 2.44. The number of amides is 1. The Bertz CT molecular complexity index is 914. The quantitative estimate of drug-likeness (QED) is 0.584. The molecule has 1 aromatic carbocycles. The van der Waals surface area contributed by atoms with Crippen molar-refractivity contribution in [1.29, 1.82) is 0 Å². The van der Waals surface area contributed by atoms with Crippen LogP contribution in [-0.4, -0.2) is 46.5 Å². The first-order chi connectivity index (χ1) is 13.9. The molecular formula is C22H30BrN3O4. The first-order valence-corrected chi connectivity index (χ1v) is 10.8. The van der Waals surface area contributed by atoms with Crippen LogP contribution in [0.5, 0.6) is 0 Å². The lowest BCUT2D eigenvalue weighted by molar-refractivity contribution is -0.0478. The minimum Gasteiger partial charge on any atom is -0.444 e. The number of ether oxygens (including phenoxy) is 2. The molecule has 0 bridgehead atoms. The molecule has 1 fully saturated rings. The van der Waals surface area contributed by atoms with Crippen molar-refractivity contribution >= 4 is 22.0 Å². The first kappa shape index (κ1) is 22.7. The summed E-state index contributed by atoms with van der Waals surface area (Å²) in [5, 5.41) is 8.56. The molecule has 8 heteroatoms. The Hall–Kier alpha value is -1.93. The zero-order valence-electron chi connectivity index (χ0n) is 18.7. The summed E-state index contributed by atoms with van der Waals surface area (Å²) >= 11 is 3.53. The molecular weight excluding hydrogens is 450 g/mol. The summed E-state index contributed by atoms with van der Waals surface area (Å²) < 4.78 is 17.8. The molecule has 0 saturated carbocycles. The minimum absolute atomic E-state index is 0.0346. The molecule has 2 unspecified atom stereocenters. The summed E-state index contributed by atoms with van der Waals surface area (Å²) in [7, 11) is 1.66. The molecule has 1 aliphatic rings. The second-order valence-electron chi connectivity index (χ2n) is 9.73. The van der Waals surface area contributed by atoms with E-state index < -0.39 is 5.60 Å². The molecule has 1 saturated heterocycles. The number of likely N-dealkylation sites (tertiary alicyclic amines) is 1. The van der Waals surface area contributed by atoms with Gasteiger partial charge in [-0.05, 0) is 49.9 Å². The maximum absolute atomic E-state index is 12.7. The van der Waals surface area contributed by atoms with Gasteiger partial charge in [0.15, 0.2) is 0 Å². The third-order valence-corrected chi connectivity index (χ3v) is 5.75. The number of halogens is 1. The number of carbonyl (C=O) groups is 1. The van der Waals surface area contributed by atoms with Gasteiger partial charge in [0.2, 0.25) is 11.8 Å². The molecule has 0 aliphatic carbocycles. The summed E-state index contributed by atoms with van der Waals surface area (Å²) in [4.78, 5) is 14.4. The summed E-state index contributed by atoms with van der Waals surface area (Å²) in [6, 6.07) is 5.75. The van der Waals surface area contributed by atoms with Gasteiger partial charge in [-0.1, -0.05) is 36.7 Å². The van der Waals surface area contributed by atoms with Crippen LogP contribution in [0, 0.1) is 5.41 Å². The number of carbonyl (C=O) groups excluding carboxylic acids is 1. The van der Waals surface area contributed by atoms with Crippen LogP contribution in [0.2, 0.25) is 0 Å². The van der Waals surface area contributed by atoms with E-state index in [2.05, 4.69) is 46.9 Å². The van der Waals surface area contributed by atoms with Crippen molar-refractivity contribution in [3.8, 4) is 11.5 Å². The van der Waals surface area contributed by atoms with Crippen molar-refractivity contribution in [2.45, 2.75) is 65.7 Å². The molecule has 2 atom stereocenters. The molecule has 0 spiro atoms. The number of aromatic nitrogens is 2. The summed E-state index contributed by atoms with van der Waals surface area (Å²) in [5.74, 6) is 0.965. The van der Waals surface area contributed by atoms with Crippen LogP contribution in [0.25, 0.3) is 11.5 Å². The van der Waals surface area contributed by atoms with Crippen molar-refractivity contribution in [3.05, 3.63) is 34.1 Å². The normalized spacial score (nSPS) is 19.5. The fourth-order valence-electron chi connectivity index (χ4n) is 3.77. The number of rotatable bonds is 4. The largest absolute Gasteiger partial charge is 0.444 e. The third-order valence-electron chi connectivity index (χ3n) is 4.98. The molecule has 1 aromatic heterocycles. The van der Waals surface area contributed by atoms with Gasteiger partial charge in [0.25, 0.3) is 0 Å². The fraction of sp³-hybridized carbons (Fsp3) is 0.591. The first-order valence-electron chi connectivity index (χ1n) is 10.0. The van der Waals surface area contributed by atoms with Gasteiger partial charge >= 0.3 is 6.09 Å². The second kappa shape index (κ2) is 8.30. The highest BCUT2D eigenvalue weighted by molar-refractivity contribution is 9.10. The third kappa shape index (κ3) is 4.86. The van der Waals surface area contributed by atoms with Crippen LogP contribution in [0.4, 0.5) is 4.79 Å². The van der Waals surface area contributed by atoms with Crippen molar-refractivity contribution < 1.29 is 18.7 Å². The Labute approximate surface area is 186 Å². The monoisotopic (exact) mass is 479 g/mol. The zero-order valence-corrected chi connectivity index (χ0v) is 20.2. The molecule has 7 nitrogen and oxygen atoms in total. The molecule has 1 amide bonds. The maximum Gasteiger partial charge on any atom is 0.410 e. The Balaban J connectivity index is 1.83. The number of methoxy groups -OCH3 is 1. The maximum atomic E-state index is 12.7. The zero-order chi connectivity index (χ0) is 22.3. The standard InChI is InChI=1S/C22H30BrN3O4/c1-21(2,3)17-15(11-26(17)20(27)30-22(4,5)6)19-25-24-18(29-19)13-8-9-16(23)14(10-13)12-28-7/h8-10,15,17H,11-12H2,1-7H3.